The number of fused-ring (bicyclic) bond motifs is 1. The Kier molecular flexibility index (Phi) is 5.43. The summed E-state index contributed by atoms with van der Waals surface area (Å²) in [5, 5.41) is 4.15. The normalized spacial score (nSPS) is 18.2. The molecule has 1 aromatic carbocycles. The summed E-state index contributed by atoms with van der Waals surface area (Å²) < 4.78 is 1.64. The van der Waals surface area contributed by atoms with Crippen LogP contribution in [0.3, 0.4) is 0 Å². The fourth-order valence-electron chi connectivity index (χ4n) is 4.64. The molecule has 8 heteroatoms. The average Bonchev–Trinajstić information content (AvgIpc) is 3.48. The van der Waals surface area contributed by atoms with Gasteiger partial charge in [-0.05, 0) is 37.8 Å². The molecule has 2 aromatic heterocycles. The zero-order valence-corrected chi connectivity index (χ0v) is 18.1. The molecule has 0 radical (unpaired) electrons. The van der Waals surface area contributed by atoms with Gasteiger partial charge in [-0.15, -0.1) is 0 Å². The van der Waals surface area contributed by atoms with Crippen LogP contribution in [0.5, 0.6) is 0 Å². The molecule has 1 fully saturated rings. The van der Waals surface area contributed by atoms with Gasteiger partial charge in [-0.25, -0.2) is 9.97 Å². The molecule has 2 amide bonds. The fraction of sp³-hybridized carbons (Fsp3) is 0.375. The lowest BCUT2D eigenvalue weighted by Gasteiger charge is -2.31. The van der Waals surface area contributed by atoms with E-state index in [1.54, 1.807) is 22.0 Å². The minimum absolute atomic E-state index is 0.00684. The number of carbonyl (C=O) groups excluding carboxylic acids is 2. The number of hydrogen-bond donors (Lipinski definition) is 0. The van der Waals surface area contributed by atoms with Crippen molar-refractivity contribution in [2.75, 3.05) is 11.4 Å². The largest absolute Gasteiger partial charge is 0.331 e. The van der Waals surface area contributed by atoms with Crippen LogP contribution in [0.4, 0.5) is 5.82 Å². The number of nitrogens with zero attached hydrogens (tertiary/aromatic N) is 6. The van der Waals surface area contributed by atoms with Crippen LogP contribution in [0.2, 0.25) is 0 Å². The van der Waals surface area contributed by atoms with E-state index in [0.717, 1.165) is 29.7 Å². The van der Waals surface area contributed by atoms with E-state index < -0.39 is 0 Å². The summed E-state index contributed by atoms with van der Waals surface area (Å²) in [6.45, 7) is 3.34. The standard InChI is InChI=1S/C24H26N6O2/c1-17-19-10-11-21(31)30(15-18-7-3-2-4-8-18)24(19)27-23(26-17)20-9-5-14-29(20)22(32)16-28-13-6-12-25-28/h2-4,6-8,12-13,20H,5,9-11,14-16H2,1H3/t20-/m1/s1. The number of carbonyl (C=O) groups is 2. The van der Waals surface area contributed by atoms with E-state index in [-0.39, 0.29) is 24.4 Å². The predicted molar refractivity (Wildman–Crippen MR) is 119 cm³/mol. The molecule has 164 valence electrons. The van der Waals surface area contributed by atoms with Crippen molar-refractivity contribution in [3.63, 3.8) is 0 Å². The van der Waals surface area contributed by atoms with Crippen LogP contribution in [0, 0.1) is 6.92 Å². The Balaban J connectivity index is 1.46. The highest BCUT2D eigenvalue weighted by molar-refractivity contribution is 5.95. The van der Waals surface area contributed by atoms with Gasteiger partial charge in [-0.1, -0.05) is 30.3 Å². The molecular formula is C24H26N6O2. The molecule has 0 unspecified atom stereocenters. The first-order valence-electron chi connectivity index (χ1n) is 11.1. The Hall–Kier alpha value is -3.55. The van der Waals surface area contributed by atoms with Crippen LogP contribution >= 0.6 is 0 Å². The lowest BCUT2D eigenvalue weighted by Crippen LogP contribution is -2.38. The molecule has 0 bridgehead atoms. The topological polar surface area (TPSA) is 84.2 Å². The number of likely N-dealkylation sites (tertiary alicyclic amines) is 1. The number of aryl methyl sites for hydroxylation is 1. The Morgan fingerprint density at radius 2 is 1.97 bits per heavy atom. The van der Waals surface area contributed by atoms with Gasteiger partial charge in [0.15, 0.2) is 5.82 Å². The van der Waals surface area contributed by atoms with E-state index in [1.807, 2.05) is 48.2 Å². The number of rotatable bonds is 5. The predicted octanol–water partition coefficient (Wildman–Crippen LogP) is 2.82. The molecule has 0 spiro atoms. The molecule has 1 saturated heterocycles. The maximum Gasteiger partial charge on any atom is 0.244 e. The first-order chi connectivity index (χ1) is 15.6. The van der Waals surface area contributed by atoms with Gasteiger partial charge >= 0.3 is 0 Å². The summed E-state index contributed by atoms with van der Waals surface area (Å²) in [4.78, 5) is 39.1. The number of amides is 2. The highest BCUT2D eigenvalue weighted by atomic mass is 16.2. The molecular weight excluding hydrogens is 404 g/mol. The van der Waals surface area contributed by atoms with Crippen molar-refractivity contribution in [2.45, 2.75) is 51.7 Å². The second kappa shape index (κ2) is 8.53. The van der Waals surface area contributed by atoms with Crippen LogP contribution in [0.25, 0.3) is 0 Å². The summed E-state index contributed by atoms with van der Waals surface area (Å²) in [6, 6.07) is 11.6. The van der Waals surface area contributed by atoms with E-state index >= 15 is 0 Å². The third-order valence-electron chi connectivity index (χ3n) is 6.27. The first kappa shape index (κ1) is 20.4. The average molecular weight is 431 g/mol. The van der Waals surface area contributed by atoms with Gasteiger partial charge in [-0.3, -0.25) is 19.2 Å². The highest BCUT2D eigenvalue weighted by Crippen LogP contribution is 2.35. The van der Waals surface area contributed by atoms with Gasteiger partial charge in [0.1, 0.15) is 12.4 Å². The fourth-order valence-corrected chi connectivity index (χ4v) is 4.64. The molecule has 0 N–H and O–H groups in total. The Morgan fingerprint density at radius 3 is 2.75 bits per heavy atom. The molecule has 3 aromatic rings. The van der Waals surface area contributed by atoms with Gasteiger partial charge in [-0.2, -0.15) is 5.10 Å². The van der Waals surface area contributed by atoms with E-state index in [2.05, 4.69) is 5.10 Å². The summed E-state index contributed by atoms with van der Waals surface area (Å²) in [7, 11) is 0. The van der Waals surface area contributed by atoms with Gasteiger partial charge in [0.2, 0.25) is 11.8 Å². The van der Waals surface area contributed by atoms with Crippen molar-refractivity contribution in [2.24, 2.45) is 0 Å². The maximum absolute atomic E-state index is 13.0. The summed E-state index contributed by atoms with van der Waals surface area (Å²) in [5.74, 6) is 1.40. The smallest absolute Gasteiger partial charge is 0.244 e. The number of benzene rings is 1. The lowest BCUT2D eigenvalue weighted by molar-refractivity contribution is -0.133. The van der Waals surface area contributed by atoms with E-state index in [0.29, 0.717) is 37.6 Å². The van der Waals surface area contributed by atoms with Crippen LogP contribution < -0.4 is 4.90 Å². The van der Waals surface area contributed by atoms with Crippen molar-refractivity contribution in [3.8, 4) is 0 Å². The molecule has 8 nitrogen and oxygen atoms in total. The Bertz CT molecular complexity index is 1130. The van der Waals surface area contributed by atoms with Crippen LogP contribution in [0.1, 0.15) is 47.9 Å². The number of anilines is 1. The van der Waals surface area contributed by atoms with Gasteiger partial charge in [0, 0.05) is 36.6 Å². The quantitative estimate of drug-likeness (QED) is 0.622. The van der Waals surface area contributed by atoms with Crippen molar-refractivity contribution in [3.05, 3.63) is 71.4 Å². The second-order valence-electron chi connectivity index (χ2n) is 8.38. The third-order valence-corrected chi connectivity index (χ3v) is 6.27. The molecule has 1 atom stereocenters. The second-order valence-corrected chi connectivity index (χ2v) is 8.38. The lowest BCUT2D eigenvalue weighted by atomic mass is 10.0. The SMILES string of the molecule is Cc1nc([C@H]2CCCN2C(=O)Cn2cccn2)nc2c1CCC(=O)N2Cc1ccccc1. The maximum atomic E-state index is 13.0. The van der Waals surface area contributed by atoms with Crippen molar-refractivity contribution in [1.29, 1.82) is 0 Å². The molecule has 32 heavy (non-hydrogen) atoms. The molecule has 5 rings (SSSR count). The van der Waals surface area contributed by atoms with Crippen molar-refractivity contribution < 1.29 is 9.59 Å². The Labute approximate surface area is 186 Å². The molecule has 4 heterocycles. The zero-order valence-electron chi connectivity index (χ0n) is 18.1. The molecule has 2 aliphatic heterocycles. The van der Waals surface area contributed by atoms with Crippen molar-refractivity contribution in [1.82, 2.24) is 24.6 Å². The van der Waals surface area contributed by atoms with Crippen LogP contribution in [-0.2, 0) is 29.1 Å². The third kappa shape index (κ3) is 3.88. The molecule has 0 saturated carbocycles. The monoisotopic (exact) mass is 430 g/mol. The number of aromatic nitrogens is 4. The number of hydrogen-bond acceptors (Lipinski definition) is 5. The van der Waals surface area contributed by atoms with Crippen molar-refractivity contribution >= 4 is 17.6 Å². The summed E-state index contributed by atoms with van der Waals surface area (Å²) in [5.41, 5.74) is 2.97. The van der Waals surface area contributed by atoms with E-state index in [4.69, 9.17) is 9.97 Å². The Morgan fingerprint density at radius 1 is 1.12 bits per heavy atom. The molecule has 2 aliphatic rings. The van der Waals surface area contributed by atoms with Gasteiger partial charge in [0.05, 0.1) is 12.6 Å². The van der Waals surface area contributed by atoms with Crippen LogP contribution in [0.15, 0.2) is 48.8 Å². The first-order valence-corrected chi connectivity index (χ1v) is 11.1. The highest BCUT2D eigenvalue weighted by Gasteiger charge is 2.35. The van der Waals surface area contributed by atoms with Gasteiger partial charge in [0.25, 0.3) is 0 Å². The summed E-state index contributed by atoms with van der Waals surface area (Å²) in [6.07, 6.45) is 6.29. The minimum atomic E-state index is -0.183. The molecule has 0 aliphatic carbocycles. The zero-order chi connectivity index (χ0) is 22.1. The van der Waals surface area contributed by atoms with E-state index in [9.17, 15) is 9.59 Å². The van der Waals surface area contributed by atoms with Crippen LogP contribution in [-0.4, -0.2) is 43.0 Å². The summed E-state index contributed by atoms with van der Waals surface area (Å²) >= 11 is 0. The van der Waals surface area contributed by atoms with E-state index in [1.165, 1.54) is 0 Å². The minimum Gasteiger partial charge on any atom is -0.331 e. The van der Waals surface area contributed by atoms with Gasteiger partial charge < -0.3 is 4.90 Å².